The van der Waals surface area contributed by atoms with Gasteiger partial charge in [-0.25, -0.2) is 0 Å². The number of hydrogen-bond acceptors (Lipinski definition) is 5. The van der Waals surface area contributed by atoms with Crippen LogP contribution in [0.3, 0.4) is 0 Å². The summed E-state index contributed by atoms with van der Waals surface area (Å²) in [7, 11) is 0. The number of rotatable bonds is 9. The molecule has 7 nitrogen and oxygen atoms in total. The second kappa shape index (κ2) is 10.6. The van der Waals surface area contributed by atoms with E-state index in [4.69, 9.17) is 14.9 Å². The molecule has 0 fully saturated rings. The first kappa shape index (κ1) is 22.9. The lowest BCUT2D eigenvalue weighted by Crippen LogP contribution is -2.27. The molecule has 1 heterocycles. The fraction of sp³-hybridized carbons (Fsp3) is 0.185. The first-order valence-corrected chi connectivity index (χ1v) is 11.2. The maximum atomic E-state index is 12.4. The summed E-state index contributed by atoms with van der Waals surface area (Å²) in [6.07, 6.45) is 2.03. The third kappa shape index (κ3) is 5.56. The van der Waals surface area contributed by atoms with Crippen LogP contribution in [0.4, 0.5) is 11.4 Å². The van der Waals surface area contributed by atoms with Gasteiger partial charge in [0, 0.05) is 10.9 Å². The molecule has 4 aromatic rings. The number of nitrogens with two attached hydrogens (primary N) is 1. The average molecular weight is 458 g/mol. The summed E-state index contributed by atoms with van der Waals surface area (Å²) in [5.41, 5.74) is 9.32. The van der Waals surface area contributed by atoms with Crippen LogP contribution < -0.4 is 21.1 Å². The van der Waals surface area contributed by atoms with E-state index in [0.29, 0.717) is 34.8 Å². The van der Waals surface area contributed by atoms with Crippen molar-refractivity contribution in [1.82, 2.24) is 5.32 Å². The molecular formula is C27H27N3O4. The van der Waals surface area contributed by atoms with E-state index < -0.39 is 0 Å². The molecule has 174 valence electrons. The average Bonchev–Trinajstić information content (AvgIpc) is 3.27. The van der Waals surface area contributed by atoms with Crippen LogP contribution in [0.15, 0.2) is 77.2 Å². The summed E-state index contributed by atoms with van der Waals surface area (Å²) in [5, 5.41) is 6.49. The molecule has 0 saturated heterocycles. The Labute approximate surface area is 197 Å². The van der Waals surface area contributed by atoms with Crippen LogP contribution in [0.25, 0.3) is 11.0 Å². The Morgan fingerprint density at radius 1 is 0.971 bits per heavy atom. The van der Waals surface area contributed by atoms with Gasteiger partial charge < -0.3 is 25.5 Å². The lowest BCUT2D eigenvalue weighted by molar-refractivity contribution is 0.0920. The van der Waals surface area contributed by atoms with E-state index in [-0.39, 0.29) is 24.2 Å². The van der Waals surface area contributed by atoms with Crippen LogP contribution in [0.2, 0.25) is 0 Å². The molecule has 4 N–H and O–H groups in total. The van der Waals surface area contributed by atoms with Gasteiger partial charge in [0.25, 0.3) is 11.8 Å². The summed E-state index contributed by atoms with van der Waals surface area (Å²) in [6.45, 7) is 2.71. The molecule has 4 rings (SSSR count). The van der Waals surface area contributed by atoms with Crippen LogP contribution in [-0.4, -0.2) is 25.0 Å². The summed E-state index contributed by atoms with van der Waals surface area (Å²) in [5.74, 6) is 0.323. The van der Waals surface area contributed by atoms with Gasteiger partial charge >= 0.3 is 0 Å². The van der Waals surface area contributed by atoms with Crippen LogP contribution >= 0.6 is 0 Å². The lowest BCUT2D eigenvalue weighted by atomic mass is 10.1. The van der Waals surface area contributed by atoms with Gasteiger partial charge in [0.2, 0.25) is 0 Å². The van der Waals surface area contributed by atoms with Crippen molar-refractivity contribution in [3.63, 3.8) is 0 Å². The number of aryl methyl sites for hydroxylation is 1. The number of anilines is 2. The van der Waals surface area contributed by atoms with Gasteiger partial charge in [-0.15, -0.1) is 0 Å². The SMILES string of the molecule is CCCc1ccc2cc(C(=O)NCCOc3ccc(C(=O)Nc4ccccc4N)cc3)oc2c1. The second-order valence-electron chi connectivity index (χ2n) is 7.90. The highest BCUT2D eigenvalue weighted by Crippen LogP contribution is 2.22. The minimum atomic E-state index is -0.288. The number of carbonyl (C=O) groups excluding carboxylic acids is 2. The number of carbonyl (C=O) groups is 2. The van der Waals surface area contributed by atoms with E-state index in [1.165, 1.54) is 5.56 Å². The van der Waals surface area contributed by atoms with Crippen molar-refractivity contribution in [2.45, 2.75) is 19.8 Å². The second-order valence-corrected chi connectivity index (χ2v) is 7.90. The largest absolute Gasteiger partial charge is 0.492 e. The van der Waals surface area contributed by atoms with Gasteiger partial charge in [0.1, 0.15) is 17.9 Å². The fourth-order valence-electron chi connectivity index (χ4n) is 3.56. The van der Waals surface area contributed by atoms with E-state index in [1.807, 2.05) is 12.1 Å². The molecule has 1 aromatic heterocycles. The zero-order chi connectivity index (χ0) is 23.9. The van der Waals surface area contributed by atoms with E-state index in [1.54, 1.807) is 54.6 Å². The minimum Gasteiger partial charge on any atom is -0.492 e. The zero-order valence-electron chi connectivity index (χ0n) is 19.0. The first-order chi connectivity index (χ1) is 16.5. The van der Waals surface area contributed by atoms with Crippen LogP contribution in [0, 0.1) is 0 Å². The quantitative estimate of drug-likeness (QED) is 0.241. The van der Waals surface area contributed by atoms with Crippen molar-refractivity contribution < 1.29 is 18.7 Å². The Morgan fingerprint density at radius 2 is 1.76 bits per heavy atom. The standard InChI is InChI=1S/C27H27N3O4/c1-2-5-18-8-9-20-17-25(34-24(20)16-18)27(32)29-14-15-33-21-12-10-19(11-13-21)26(31)30-23-7-4-3-6-22(23)28/h3-4,6-13,16-17H,2,5,14-15,28H2,1H3,(H,29,32)(H,30,31). The van der Waals surface area contributed by atoms with Crippen molar-refractivity contribution in [3.05, 3.63) is 89.7 Å². The van der Waals surface area contributed by atoms with Crippen molar-refractivity contribution >= 4 is 34.2 Å². The molecule has 0 aliphatic heterocycles. The van der Waals surface area contributed by atoms with E-state index in [0.717, 1.165) is 18.2 Å². The maximum absolute atomic E-state index is 12.4. The fourth-order valence-corrected chi connectivity index (χ4v) is 3.56. The van der Waals surface area contributed by atoms with Gasteiger partial charge in [-0.1, -0.05) is 37.6 Å². The van der Waals surface area contributed by atoms with Gasteiger partial charge in [-0.3, -0.25) is 9.59 Å². The predicted octanol–water partition coefficient (Wildman–Crippen LogP) is 5.03. The van der Waals surface area contributed by atoms with Crippen LogP contribution in [0.1, 0.15) is 39.8 Å². The van der Waals surface area contributed by atoms with Crippen LogP contribution in [0.5, 0.6) is 5.75 Å². The molecule has 0 bridgehead atoms. The number of hydrogen-bond donors (Lipinski definition) is 3. The highest BCUT2D eigenvalue weighted by molar-refractivity contribution is 6.05. The van der Waals surface area contributed by atoms with Crippen molar-refractivity contribution in [2.24, 2.45) is 0 Å². The van der Waals surface area contributed by atoms with Gasteiger partial charge in [0.15, 0.2) is 5.76 Å². The number of fused-ring (bicyclic) bond motifs is 1. The Bertz CT molecular complexity index is 1290. The smallest absolute Gasteiger partial charge is 0.287 e. The lowest BCUT2D eigenvalue weighted by Gasteiger charge is -2.09. The number of benzene rings is 3. The number of amides is 2. The summed E-state index contributed by atoms with van der Waals surface area (Å²) in [4.78, 5) is 24.8. The molecule has 0 aliphatic rings. The number of furan rings is 1. The molecule has 0 aliphatic carbocycles. The van der Waals surface area contributed by atoms with Crippen molar-refractivity contribution in [2.75, 3.05) is 24.2 Å². The normalized spacial score (nSPS) is 10.7. The third-order valence-electron chi connectivity index (χ3n) is 5.33. The van der Waals surface area contributed by atoms with Crippen molar-refractivity contribution in [3.8, 4) is 5.75 Å². The van der Waals surface area contributed by atoms with Gasteiger partial charge in [-0.2, -0.15) is 0 Å². The first-order valence-electron chi connectivity index (χ1n) is 11.2. The highest BCUT2D eigenvalue weighted by atomic mass is 16.5. The molecule has 0 radical (unpaired) electrons. The molecule has 0 saturated carbocycles. The topological polar surface area (TPSA) is 107 Å². The maximum Gasteiger partial charge on any atom is 0.287 e. The molecule has 0 atom stereocenters. The molecule has 34 heavy (non-hydrogen) atoms. The monoisotopic (exact) mass is 457 g/mol. The predicted molar refractivity (Wildman–Crippen MR) is 133 cm³/mol. The zero-order valence-corrected chi connectivity index (χ0v) is 19.0. The van der Waals surface area contributed by atoms with Crippen LogP contribution in [-0.2, 0) is 6.42 Å². The summed E-state index contributed by atoms with van der Waals surface area (Å²) < 4.78 is 11.4. The Balaban J connectivity index is 1.25. The highest BCUT2D eigenvalue weighted by Gasteiger charge is 2.12. The molecule has 0 spiro atoms. The molecule has 3 aromatic carbocycles. The van der Waals surface area contributed by atoms with E-state index >= 15 is 0 Å². The molecular weight excluding hydrogens is 430 g/mol. The molecule has 7 heteroatoms. The Hall–Kier alpha value is -4.26. The van der Waals surface area contributed by atoms with Gasteiger partial charge in [0.05, 0.1) is 17.9 Å². The molecule has 0 unspecified atom stereocenters. The molecule has 2 amide bonds. The van der Waals surface area contributed by atoms with E-state index in [9.17, 15) is 9.59 Å². The number of nitrogens with one attached hydrogen (secondary N) is 2. The Kier molecular flexibility index (Phi) is 7.13. The summed E-state index contributed by atoms with van der Waals surface area (Å²) in [6, 6.07) is 21.6. The number of para-hydroxylation sites is 2. The Morgan fingerprint density at radius 3 is 2.53 bits per heavy atom. The summed E-state index contributed by atoms with van der Waals surface area (Å²) >= 11 is 0. The number of nitrogen functional groups attached to an aromatic ring is 1. The van der Waals surface area contributed by atoms with E-state index in [2.05, 4.69) is 23.6 Å². The minimum absolute atomic E-state index is 0.260. The van der Waals surface area contributed by atoms with Crippen molar-refractivity contribution in [1.29, 1.82) is 0 Å². The number of ether oxygens (including phenoxy) is 1. The van der Waals surface area contributed by atoms with Gasteiger partial charge in [-0.05, 0) is 60.5 Å². The third-order valence-corrected chi connectivity index (χ3v) is 5.33.